The largest absolute Gasteiger partial charge is 0.490 e. The molecule has 0 radical (unpaired) electrons. The van der Waals surface area contributed by atoms with Crippen LogP contribution in [0.25, 0.3) is 0 Å². The minimum atomic E-state index is -0.457. The third-order valence-corrected chi connectivity index (χ3v) is 3.70. The summed E-state index contributed by atoms with van der Waals surface area (Å²) in [6, 6.07) is 13.2. The summed E-state index contributed by atoms with van der Waals surface area (Å²) < 4.78 is 11.1. The van der Waals surface area contributed by atoms with Crippen LogP contribution in [-0.2, 0) is 0 Å². The molecule has 0 atom stereocenters. The fraction of sp³-hybridized carbons (Fsp3) is 0.176. The summed E-state index contributed by atoms with van der Waals surface area (Å²) >= 11 is 0. The Labute approximate surface area is 154 Å². The van der Waals surface area contributed by atoms with Crippen LogP contribution < -0.4 is 25.8 Å². The summed E-state index contributed by atoms with van der Waals surface area (Å²) in [6.07, 6.45) is 0. The summed E-state index contributed by atoms with van der Waals surface area (Å²) in [5.41, 5.74) is 12.2. The zero-order chi connectivity index (χ0) is 19.2. The van der Waals surface area contributed by atoms with E-state index in [-0.39, 0.29) is 17.6 Å². The Bertz CT molecular complexity index is 864. The second-order valence-electron chi connectivity index (χ2n) is 5.50. The lowest BCUT2D eigenvalue weighted by Gasteiger charge is -2.24. The smallest absolute Gasteiger partial charge is 0.269 e. The van der Waals surface area contributed by atoms with E-state index in [1.165, 1.54) is 12.1 Å². The lowest BCUT2D eigenvalue weighted by molar-refractivity contribution is -0.384. The van der Waals surface area contributed by atoms with Crippen molar-refractivity contribution in [2.75, 3.05) is 24.8 Å². The van der Waals surface area contributed by atoms with Gasteiger partial charge >= 0.3 is 0 Å². The van der Waals surface area contributed by atoms with Crippen molar-refractivity contribution in [2.24, 2.45) is 21.5 Å². The van der Waals surface area contributed by atoms with Crippen molar-refractivity contribution in [3.05, 3.63) is 58.6 Å². The highest BCUT2D eigenvalue weighted by Crippen LogP contribution is 2.21. The molecule has 4 N–H and O–H groups in total. The van der Waals surface area contributed by atoms with Gasteiger partial charge < -0.3 is 20.9 Å². The minimum absolute atomic E-state index is 0.0199. The molecule has 2 aromatic rings. The van der Waals surface area contributed by atoms with Crippen LogP contribution in [0.5, 0.6) is 11.5 Å². The van der Waals surface area contributed by atoms with Crippen molar-refractivity contribution in [1.82, 2.24) is 0 Å². The molecule has 0 aromatic heterocycles. The summed E-state index contributed by atoms with van der Waals surface area (Å²) in [4.78, 5) is 19.8. The third-order valence-electron chi connectivity index (χ3n) is 3.70. The van der Waals surface area contributed by atoms with Crippen LogP contribution >= 0.6 is 0 Å². The Balaban J connectivity index is 1.46. The molecule has 27 heavy (non-hydrogen) atoms. The molecule has 140 valence electrons. The van der Waals surface area contributed by atoms with Crippen LogP contribution in [0.4, 0.5) is 11.4 Å². The molecule has 10 nitrogen and oxygen atoms in total. The van der Waals surface area contributed by atoms with Gasteiger partial charge in [-0.1, -0.05) is 0 Å². The first-order valence-corrected chi connectivity index (χ1v) is 8.04. The van der Waals surface area contributed by atoms with E-state index in [4.69, 9.17) is 20.9 Å². The summed E-state index contributed by atoms with van der Waals surface area (Å²) in [5.74, 6) is 1.66. The van der Waals surface area contributed by atoms with Crippen LogP contribution in [0.3, 0.4) is 0 Å². The van der Waals surface area contributed by atoms with Crippen molar-refractivity contribution < 1.29 is 14.4 Å². The average Bonchev–Trinajstić information content (AvgIpc) is 2.66. The Morgan fingerprint density at radius 3 is 2.07 bits per heavy atom. The van der Waals surface area contributed by atoms with Gasteiger partial charge in [0, 0.05) is 17.8 Å². The quantitative estimate of drug-likeness (QED) is 0.427. The summed E-state index contributed by atoms with van der Waals surface area (Å²) in [5, 5.41) is 10.6. The number of nitro benzene ring substituents is 1. The normalized spacial score (nSPS) is 13.6. The van der Waals surface area contributed by atoms with Gasteiger partial charge in [0.15, 0.2) is 0 Å². The predicted molar refractivity (Wildman–Crippen MR) is 101 cm³/mol. The maximum absolute atomic E-state index is 10.6. The van der Waals surface area contributed by atoms with Crippen molar-refractivity contribution in [1.29, 1.82) is 0 Å². The number of anilines is 1. The van der Waals surface area contributed by atoms with Crippen LogP contribution in [-0.4, -0.2) is 36.7 Å². The monoisotopic (exact) mass is 370 g/mol. The van der Waals surface area contributed by atoms with Gasteiger partial charge in [0.05, 0.1) is 4.92 Å². The Morgan fingerprint density at radius 1 is 1.00 bits per heavy atom. The molecule has 1 aliphatic rings. The zero-order valence-corrected chi connectivity index (χ0v) is 14.3. The van der Waals surface area contributed by atoms with E-state index >= 15 is 0 Å². The SMILES string of the molecule is NC1=NCN(c2ccc(OCCOc3ccc([N+](=O)[O-])cc3)cc2)C(N)=N1. The van der Waals surface area contributed by atoms with Crippen molar-refractivity contribution >= 4 is 23.3 Å². The molecule has 0 unspecified atom stereocenters. The molecule has 3 rings (SSSR count). The van der Waals surface area contributed by atoms with Gasteiger partial charge in [-0.05, 0) is 36.4 Å². The standard InChI is InChI=1S/C17H18N6O4/c18-16-20-11-22(17(19)21-16)12-1-5-14(6-2-12)26-9-10-27-15-7-3-13(4-8-15)23(24)25/h1-8H,9-11H2,(H4,18,19,20,21). The minimum Gasteiger partial charge on any atom is -0.490 e. The number of rotatable bonds is 7. The molecule has 0 fully saturated rings. The number of hydrogen-bond acceptors (Lipinski definition) is 9. The van der Waals surface area contributed by atoms with Crippen LogP contribution in [0.15, 0.2) is 58.5 Å². The number of nitro groups is 1. The molecule has 0 saturated carbocycles. The number of benzene rings is 2. The molecule has 1 aliphatic heterocycles. The third kappa shape index (κ3) is 4.63. The Kier molecular flexibility index (Phi) is 5.36. The topological polar surface area (TPSA) is 142 Å². The lowest BCUT2D eigenvalue weighted by atomic mass is 10.3. The number of nitrogens with zero attached hydrogens (tertiary/aromatic N) is 4. The Morgan fingerprint density at radius 2 is 1.56 bits per heavy atom. The van der Waals surface area contributed by atoms with Gasteiger partial charge in [-0.15, -0.1) is 0 Å². The maximum atomic E-state index is 10.6. The molecule has 2 aromatic carbocycles. The summed E-state index contributed by atoms with van der Waals surface area (Å²) in [6.45, 7) is 0.939. The van der Waals surface area contributed by atoms with Gasteiger partial charge in [0.25, 0.3) is 5.69 Å². The molecule has 0 saturated heterocycles. The average molecular weight is 370 g/mol. The fourth-order valence-electron chi connectivity index (χ4n) is 2.35. The number of non-ortho nitro benzene ring substituents is 1. The van der Waals surface area contributed by atoms with Gasteiger partial charge in [-0.25, -0.2) is 4.99 Å². The van der Waals surface area contributed by atoms with E-state index < -0.39 is 4.92 Å². The molecule has 0 amide bonds. The zero-order valence-electron chi connectivity index (χ0n) is 14.3. The number of nitrogens with two attached hydrogens (primary N) is 2. The van der Waals surface area contributed by atoms with Crippen LogP contribution in [0, 0.1) is 10.1 Å². The molecule has 0 aliphatic carbocycles. The van der Waals surface area contributed by atoms with Gasteiger partial charge in [-0.3, -0.25) is 15.0 Å². The van der Waals surface area contributed by atoms with Crippen molar-refractivity contribution in [3.8, 4) is 11.5 Å². The first-order valence-electron chi connectivity index (χ1n) is 8.04. The molecule has 10 heteroatoms. The predicted octanol–water partition coefficient (Wildman–Crippen LogP) is 1.46. The highest BCUT2D eigenvalue weighted by atomic mass is 16.6. The van der Waals surface area contributed by atoms with Crippen LogP contribution in [0.1, 0.15) is 0 Å². The lowest BCUT2D eigenvalue weighted by Crippen LogP contribution is -2.42. The molecule has 0 bridgehead atoms. The van der Waals surface area contributed by atoms with Gasteiger partial charge in [0.2, 0.25) is 11.9 Å². The number of guanidine groups is 2. The number of hydrogen-bond donors (Lipinski definition) is 2. The first-order chi connectivity index (χ1) is 13.0. The highest BCUT2D eigenvalue weighted by molar-refractivity contribution is 6.04. The van der Waals surface area contributed by atoms with E-state index in [0.29, 0.717) is 31.4 Å². The second-order valence-corrected chi connectivity index (χ2v) is 5.50. The highest BCUT2D eigenvalue weighted by Gasteiger charge is 2.14. The number of ether oxygens (including phenoxy) is 2. The number of aliphatic imine (C=N–C) groups is 2. The maximum Gasteiger partial charge on any atom is 0.269 e. The van der Waals surface area contributed by atoms with Crippen molar-refractivity contribution in [2.45, 2.75) is 0 Å². The van der Waals surface area contributed by atoms with E-state index in [1.54, 1.807) is 29.2 Å². The van der Waals surface area contributed by atoms with Gasteiger partial charge in [0.1, 0.15) is 31.4 Å². The second kappa shape index (κ2) is 8.04. The summed E-state index contributed by atoms with van der Waals surface area (Å²) in [7, 11) is 0. The van der Waals surface area contributed by atoms with E-state index in [9.17, 15) is 10.1 Å². The molecular formula is C17H18N6O4. The van der Waals surface area contributed by atoms with Gasteiger partial charge in [-0.2, -0.15) is 4.99 Å². The molecule has 1 heterocycles. The van der Waals surface area contributed by atoms with E-state index in [0.717, 1.165) is 5.69 Å². The molecular weight excluding hydrogens is 352 g/mol. The van der Waals surface area contributed by atoms with Crippen molar-refractivity contribution in [3.63, 3.8) is 0 Å². The van der Waals surface area contributed by atoms with Crippen LogP contribution in [0.2, 0.25) is 0 Å². The van der Waals surface area contributed by atoms with E-state index in [2.05, 4.69) is 9.98 Å². The Hall–Kier alpha value is -3.82. The fourth-order valence-corrected chi connectivity index (χ4v) is 2.35. The first kappa shape index (κ1) is 18.0. The van der Waals surface area contributed by atoms with E-state index in [1.807, 2.05) is 12.1 Å². The molecule has 0 spiro atoms.